The number of benzene rings is 2. The third kappa shape index (κ3) is 6.47. The highest BCUT2D eigenvalue weighted by Crippen LogP contribution is 2.19. The van der Waals surface area contributed by atoms with Gasteiger partial charge in [0.05, 0.1) is 13.2 Å². The molecule has 2 aromatic carbocycles. The molecule has 0 radical (unpaired) electrons. The second-order valence-electron chi connectivity index (χ2n) is 7.34. The molecule has 3 rings (SSSR count). The number of hydrogen-bond donors (Lipinski definition) is 1. The lowest BCUT2D eigenvalue weighted by atomic mass is 10.1. The Morgan fingerprint density at radius 3 is 2.50 bits per heavy atom. The van der Waals surface area contributed by atoms with Gasteiger partial charge in [0, 0.05) is 12.5 Å². The van der Waals surface area contributed by atoms with Crippen molar-refractivity contribution in [1.29, 1.82) is 5.26 Å². The molecule has 0 aliphatic carbocycles. The number of amides is 1. The van der Waals surface area contributed by atoms with Crippen LogP contribution in [0.4, 0.5) is 5.82 Å². The quantitative estimate of drug-likeness (QED) is 0.291. The Morgan fingerprint density at radius 1 is 1.09 bits per heavy atom. The Morgan fingerprint density at radius 2 is 1.84 bits per heavy atom. The first-order valence-electron chi connectivity index (χ1n) is 10.2. The Hall–Kier alpha value is -4.05. The van der Waals surface area contributed by atoms with E-state index in [2.05, 4.69) is 23.5 Å². The van der Waals surface area contributed by atoms with Crippen LogP contribution in [0.3, 0.4) is 0 Å². The number of hydrogen-bond acceptors (Lipinski definition) is 6. The Bertz CT molecular complexity index is 1140. The van der Waals surface area contributed by atoms with Gasteiger partial charge in [-0.05, 0) is 56.2 Å². The molecule has 0 atom stereocenters. The van der Waals surface area contributed by atoms with Crippen LogP contribution in [0, 0.1) is 32.1 Å². The van der Waals surface area contributed by atoms with Crippen LogP contribution in [0.1, 0.15) is 28.9 Å². The molecule has 0 fully saturated rings. The first-order valence-corrected chi connectivity index (χ1v) is 10.2. The van der Waals surface area contributed by atoms with Crippen LogP contribution in [0.5, 0.6) is 11.5 Å². The summed E-state index contributed by atoms with van der Waals surface area (Å²) in [4.78, 5) is 12.2. The molecule has 0 bridgehead atoms. The molecule has 0 saturated heterocycles. The van der Waals surface area contributed by atoms with Gasteiger partial charge in [0.1, 0.15) is 28.9 Å². The molecule has 0 unspecified atom stereocenters. The number of nitrogens with zero attached hydrogens (tertiary/aromatic N) is 2. The number of carbonyl (C=O) groups is 1. The highest BCUT2D eigenvalue weighted by molar-refractivity contribution is 6.09. The van der Waals surface area contributed by atoms with Crippen molar-refractivity contribution in [3.63, 3.8) is 0 Å². The summed E-state index contributed by atoms with van der Waals surface area (Å²) >= 11 is 0. The molecule has 1 N–H and O–H groups in total. The lowest BCUT2D eigenvalue weighted by Crippen LogP contribution is -2.13. The number of aromatic nitrogens is 1. The number of nitriles is 1. The molecule has 1 heterocycles. The molecular weight excluding hydrogens is 406 g/mol. The van der Waals surface area contributed by atoms with Crippen molar-refractivity contribution < 1.29 is 18.8 Å². The molecule has 1 amide bonds. The average molecular weight is 431 g/mol. The minimum Gasteiger partial charge on any atom is -0.493 e. The first kappa shape index (κ1) is 22.6. The molecule has 32 heavy (non-hydrogen) atoms. The standard InChI is InChI=1S/C25H25N3O4/c1-17-5-10-23(18(2)13-17)31-12-4-11-30-22-8-6-20(7-9-22)15-21(16-26)25(29)27-24-14-19(3)32-28-24/h5-10,13-15H,4,11-12H2,1-3H3,(H,27,28,29)/b21-15-. The summed E-state index contributed by atoms with van der Waals surface area (Å²) in [5.41, 5.74) is 3.00. The Kier molecular flexibility index (Phi) is 7.65. The van der Waals surface area contributed by atoms with E-state index in [0.29, 0.717) is 30.3 Å². The van der Waals surface area contributed by atoms with E-state index in [4.69, 9.17) is 14.0 Å². The molecule has 0 saturated carbocycles. The molecule has 7 heteroatoms. The maximum absolute atomic E-state index is 12.2. The highest BCUT2D eigenvalue weighted by Gasteiger charge is 2.12. The van der Waals surface area contributed by atoms with Crippen molar-refractivity contribution in [2.75, 3.05) is 18.5 Å². The summed E-state index contributed by atoms with van der Waals surface area (Å²) in [5, 5.41) is 15.5. The summed E-state index contributed by atoms with van der Waals surface area (Å²) in [5.74, 6) is 1.87. The van der Waals surface area contributed by atoms with Gasteiger partial charge in [-0.25, -0.2) is 0 Å². The number of rotatable bonds is 9. The summed E-state index contributed by atoms with van der Waals surface area (Å²) in [6.07, 6.45) is 2.25. The third-order valence-corrected chi connectivity index (χ3v) is 4.57. The van der Waals surface area contributed by atoms with Crippen LogP contribution in [0.2, 0.25) is 0 Å². The zero-order valence-electron chi connectivity index (χ0n) is 18.3. The van der Waals surface area contributed by atoms with Crippen molar-refractivity contribution in [2.45, 2.75) is 27.2 Å². The third-order valence-electron chi connectivity index (χ3n) is 4.57. The minimum atomic E-state index is -0.551. The lowest BCUT2D eigenvalue weighted by Gasteiger charge is -2.10. The number of anilines is 1. The SMILES string of the molecule is Cc1ccc(OCCCOc2ccc(/C=C(/C#N)C(=O)Nc3cc(C)on3)cc2)c(C)c1. The minimum absolute atomic E-state index is 0.0390. The molecule has 0 aliphatic heterocycles. The fraction of sp³-hybridized carbons (Fsp3) is 0.240. The van der Waals surface area contributed by atoms with Gasteiger partial charge in [-0.1, -0.05) is 35.0 Å². The first-order chi connectivity index (χ1) is 15.4. The smallest absolute Gasteiger partial charge is 0.267 e. The molecule has 0 aliphatic rings. The van der Waals surface area contributed by atoms with Crippen molar-refractivity contribution in [3.05, 3.63) is 76.6 Å². The van der Waals surface area contributed by atoms with Gasteiger partial charge in [0.25, 0.3) is 5.91 Å². The molecule has 164 valence electrons. The van der Waals surface area contributed by atoms with Crippen molar-refractivity contribution >= 4 is 17.8 Å². The van der Waals surface area contributed by atoms with Crippen molar-refractivity contribution in [2.24, 2.45) is 0 Å². The van der Waals surface area contributed by atoms with E-state index >= 15 is 0 Å². The topological polar surface area (TPSA) is 97.4 Å². The highest BCUT2D eigenvalue weighted by atomic mass is 16.5. The zero-order chi connectivity index (χ0) is 22.9. The van der Waals surface area contributed by atoms with Crippen LogP contribution >= 0.6 is 0 Å². The number of carbonyl (C=O) groups excluding carboxylic acids is 1. The van der Waals surface area contributed by atoms with Crippen molar-refractivity contribution in [1.82, 2.24) is 5.16 Å². The molecule has 7 nitrogen and oxygen atoms in total. The van der Waals surface area contributed by atoms with Gasteiger partial charge >= 0.3 is 0 Å². The molecule has 1 aromatic heterocycles. The van der Waals surface area contributed by atoms with Crippen LogP contribution in [-0.4, -0.2) is 24.3 Å². The Labute approximate surface area is 187 Å². The average Bonchev–Trinajstić information content (AvgIpc) is 3.18. The second-order valence-corrected chi connectivity index (χ2v) is 7.34. The van der Waals surface area contributed by atoms with Gasteiger partial charge < -0.3 is 19.3 Å². The van der Waals surface area contributed by atoms with Crippen LogP contribution in [0.25, 0.3) is 6.08 Å². The van der Waals surface area contributed by atoms with E-state index in [-0.39, 0.29) is 11.4 Å². The summed E-state index contributed by atoms with van der Waals surface area (Å²) < 4.78 is 16.5. The van der Waals surface area contributed by atoms with E-state index in [9.17, 15) is 10.1 Å². The van der Waals surface area contributed by atoms with Gasteiger partial charge in [-0.3, -0.25) is 4.79 Å². The largest absolute Gasteiger partial charge is 0.493 e. The Balaban J connectivity index is 1.47. The van der Waals surface area contributed by atoms with Crippen LogP contribution in [-0.2, 0) is 4.79 Å². The predicted molar refractivity (Wildman–Crippen MR) is 121 cm³/mol. The zero-order valence-corrected chi connectivity index (χ0v) is 18.3. The number of ether oxygens (including phenoxy) is 2. The van der Waals surface area contributed by atoms with E-state index < -0.39 is 5.91 Å². The van der Waals surface area contributed by atoms with Gasteiger partial charge in [0.15, 0.2) is 5.82 Å². The summed E-state index contributed by atoms with van der Waals surface area (Å²) in [7, 11) is 0. The van der Waals surface area contributed by atoms with E-state index in [1.54, 1.807) is 37.3 Å². The van der Waals surface area contributed by atoms with E-state index in [1.807, 2.05) is 25.1 Å². The molecule has 3 aromatic rings. The monoisotopic (exact) mass is 431 g/mol. The predicted octanol–water partition coefficient (Wildman–Crippen LogP) is 4.99. The second kappa shape index (κ2) is 10.8. The summed E-state index contributed by atoms with van der Waals surface area (Å²) in [6, 6.07) is 16.8. The normalized spacial score (nSPS) is 11.0. The van der Waals surface area contributed by atoms with Gasteiger partial charge in [0.2, 0.25) is 0 Å². The van der Waals surface area contributed by atoms with Gasteiger partial charge in [-0.2, -0.15) is 5.26 Å². The fourth-order valence-electron chi connectivity index (χ4n) is 2.98. The lowest BCUT2D eigenvalue weighted by molar-refractivity contribution is -0.112. The maximum Gasteiger partial charge on any atom is 0.267 e. The number of aryl methyl sites for hydroxylation is 3. The number of nitrogens with one attached hydrogen (secondary N) is 1. The summed E-state index contributed by atoms with van der Waals surface area (Å²) in [6.45, 7) is 6.89. The van der Waals surface area contributed by atoms with Crippen LogP contribution in [0.15, 0.2) is 58.6 Å². The molecular formula is C25H25N3O4. The van der Waals surface area contributed by atoms with Crippen molar-refractivity contribution in [3.8, 4) is 17.6 Å². The molecule has 0 spiro atoms. The van der Waals surface area contributed by atoms with Crippen LogP contribution < -0.4 is 14.8 Å². The van der Waals surface area contributed by atoms with Gasteiger partial charge in [-0.15, -0.1) is 0 Å². The fourth-order valence-corrected chi connectivity index (χ4v) is 2.98. The van der Waals surface area contributed by atoms with E-state index in [0.717, 1.165) is 17.7 Å². The maximum atomic E-state index is 12.2. The van der Waals surface area contributed by atoms with E-state index in [1.165, 1.54) is 11.6 Å².